The zero-order valence-electron chi connectivity index (χ0n) is 15.0. The Hall–Kier alpha value is -3.03. The van der Waals surface area contributed by atoms with Crippen molar-refractivity contribution in [3.63, 3.8) is 0 Å². The Morgan fingerprint density at radius 1 is 0.846 bits per heavy atom. The fraction of sp³-hybridized carbons (Fsp3) is 0.389. The van der Waals surface area contributed by atoms with Crippen LogP contribution in [0.3, 0.4) is 0 Å². The quantitative estimate of drug-likeness (QED) is 0.351. The molecule has 8 nitrogen and oxygen atoms in total. The van der Waals surface area contributed by atoms with E-state index < -0.39 is 17.9 Å². The number of hydrogen-bond acceptors (Lipinski definition) is 8. The van der Waals surface area contributed by atoms with Crippen LogP contribution in [-0.4, -0.2) is 52.5 Å². The topological polar surface area (TPSA) is 97.4 Å². The molecule has 0 unspecified atom stereocenters. The number of rotatable bonds is 10. The predicted octanol–water partition coefficient (Wildman–Crippen LogP) is 1.76. The molecular weight excluding hydrogens is 344 g/mol. The van der Waals surface area contributed by atoms with Crippen molar-refractivity contribution < 1.29 is 38.1 Å². The molecule has 0 spiro atoms. The van der Waals surface area contributed by atoms with E-state index in [0.29, 0.717) is 17.1 Å². The van der Waals surface area contributed by atoms with Crippen LogP contribution in [0.15, 0.2) is 24.3 Å². The lowest BCUT2D eigenvalue weighted by Crippen LogP contribution is -2.10. The van der Waals surface area contributed by atoms with Gasteiger partial charge in [0.05, 0.1) is 47.4 Å². The normalized spacial score (nSPS) is 10.3. The van der Waals surface area contributed by atoms with Gasteiger partial charge in [-0.15, -0.1) is 0 Å². The van der Waals surface area contributed by atoms with Crippen LogP contribution in [0.5, 0.6) is 11.5 Å². The predicted molar refractivity (Wildman–Crippen MR) is 91.7 cm³/mol. The summed E-state index contributed by atoms with van der Waals surface area (Å²) in [6.07, 6.45) is 2.98. The minimum absolute atomic E-state index is 0.0698. The molecule has 1 rings (SSSR count). The van der Waals surface area contributed by atoms with Gasteiger partial charge in [0.2, 0.25) is 0 Å². The van der Waals surface area contributed by atoms with Gasteiger partial charge >= 0.3 is 17.9 Å². The van der Waals surface area contributed by atoms with E-state index in [1.54, 1.807) is 24.3 Å². The summed E-state index contributed by atoms with van der Waals surface area (Å²) in [5.74, 6) is -0.521. The number of ether oxygens (including phenoxy) is 5. The van der Waals surface area contributed by atoms with E-state index in [-0.39, 0.29) is 26.1 Å². The number of hydrogen-bond donors (Lipinski definition) is 0. The molecule has 0 aliphatic rings. The maximum atomic E-state index is 11.2. The van der Waals surface area contributed by atoms with Gasteiger partial charge in [0.1, 0.15) is 0 Å². The molecule has 0 aromatic heterocycles. The third kappa shape index (κ3) is 7.69. The maximum Gasteiger partial charge on any atom is 0.330 e. The van der Waals surface area contributed by atoms with Crippen molar-refractivity contribution in [3.8, 4) is 11.5 Å². The van der Waals surface area contributed by atoms with E-state index in [9.17, 15) is 14.4 Å². The van der Waals surface area contributed by atoms with Gasteiger partial charge < -0.3 is 23.7 Å². The van der Waals surface area contributed by atoms with Gasteiger partial charge in [-0.1, -0.05) is 6.07 Å². The number of methoxy groups -OCH3 is 3. The largest absolute Gasteiger partial charge is 0.489 e. The molecule has 0 N–H and O–H groups in total. The fourth-order valence-corrected chi connectivity index (χ4v) is 1.79. The zero-order valence-corrected chi connectivity index (χ0v) is 15.0. The lowest BCUT2D eigenvalue weighted by Gasteiger charge is -2.13. The summed E-state index contributed by atoms with van der Waals surface area (Å²) in [5.41, 5.74) is 0.670. The van der Waals surface area contributed by atoms with Crippen molar-refractivity contribution >= 4 is 24.0 Å². The molecule has 0 aliphatic heterocycles. The molecule has 0 fully saturated rings. The third-order valence-corrected chi connectivity index (χ3v) is 3.16. The summed E-state index contributed by atoms with van der Waals surface area (Å²) in [5, 5.41) is 0. The van der Waals surface area contributed by atoms with Crippen molar-refractivity contribution in [3.05, 3.63) is 29.8 Å². The average Bonchev–Trinajstić information content (AvgIpc) is 2.66. The summed E-state index contributed by atoms with van der Waals surface area (Å²) >= 11 is 0. The summed E-state index contributed by atoms with van der Waals surface area (Å²) in [4.78, 5) is 33.5. The molecule has 8 heteroatoms. The molecule has 0 heterocycles. The Kier molecular flexibility index (Phi) is 9.30. The van der Waals surface area contributed by atoms with E-state index in [1.165, 1.54) is 27.4 Å². The summed E-state index contributed by atoms with van der Waals surface area (Å²) in [6, 6.07) is 4.99. The van der Waals surface area contributed by atoms with Crippen molar-refractivity contribution in [2.75, 3.05) is 34.5 Å². The van der Waals surface area contributed by atoms with Gasteiger partial charge in [-0.05, 0) is 23.8 Å². The van der Waals surface area contributed by atoms with Gasteiger partial charge in [-0.3, -0.25) is 9.59 Å². The molecule has 0 bridgehead atoms. The van der Waals surface area contributed by atoms with Gasteiger partial charge in [0, 0.05) is 6.08 Å². The Balaban J connectivity index is 2.84. The minimum Gasteiger partial charge on any atom is -0.489 e. The second-order valence-electron chi connectivity index (χ2n) is 4.91. The van der Waals surface area contributed by atoms with Crippen LogP contribution in [-0.2, 0) is 28.6 Å². The fourth-order valence-electron chi connectivity index (χ4n) is 1.79. The highest BCUT2D eigenvalue weighted by molar-refractivity contribution is 5.87. The van der Waals surface area contributed by atoms with Crippen molar-refractivity contribution in [2.24, 2.45) is 0 Å². The molecule has 0 atom stereocenters. The van der Waals surface area contributed by atoms with Crippen LogP contribution in [0.25, 0.3) is 6.08 Å². The van der Waals surface area contributed by atoms with Crippen LogP contribution < -0.4 is 9.47 Å². The van der Waals surface area contributed by atoms with Crippen LogP contribution in [0, 0.1) is 0 Å². The SMILES string of the molecule is COC(=O)C=Cc1ccc(OCCC(=O)OC)c(OCCC(=O)OC)c1. The maximum absolute atomic E-state index is 11.2. The second-order valence-corrected chi connectivity index (χ2v) is 4.91. The van der Waals surface area contributed by atoms with E-state index in [0.717, 1.165) is 0 Å². The van der Waals surface area contributed by atoms with Gasteiger partial charge in [-0.25, -0.2) is 4.79 Å². The van der Waals surface area contributed by atoms with Crippen molar-refractivity contribution in [2.45, 2.75) is 12.8 Å². The zero-order chi connectivity index (χ0) is 19.4. The molecule has 142 valence electrons. The first-order valence-electron chi connectivity index (χ1n) is 7.79. The Morgan fingerprint density at radius 3 is 1.96 bits per heavy atom. The Morgan fingerprint density at radius 2 is 1.42 bits per heavy atom. The van der Waals surface area contributed by atoms with E-state index in [1.807, 2.05) is 0 Å². The van der Waals surface area contributed by atoms with E-state index in [2.05, 4.69) is 14.2 Å². The van der Waals surface area contributed by atoms with Crippen molar-refractivity contribution in [1.82, 2.24) is 0 Å². The minimum atomic E-state index is -0.489. The molecule has 0 saturated heterocycles. The van der Waals surface area contributed by atoms with E-state index in [4.69, 9.17) is 9.47 Å². The number of esters is 3. The summed E-state index contributed by atoms with van der Waals surface area (Å²) in [6.45, 7) is 0.196. The average molecular weight is 366 g/mol. The number of carbonyl (C=O) groups is 3. The molecule has 0 saturated carbocycles. The standard InChI is InChI=1S/C18H22O8/c1-22-16(19)7-5-13-4-6-14(25-10-8-17(20)23-2)15(12-13)26-11-9-18(21)24-3/h4-7,12H,8-11H2,1-3H3. The smallest absolute Gasteiger partial charge is 0.330 e. The van der Waals surface area contributed by atoms with Crippen LogP contribution in [0.1, 0.15) is 18.4 Å². The van der Waals surface area contributed by atoms with E-state index >= 15 is 0 Å². The highest BCUT2D eigenvalue weighted by Crippen LogP contribution is 2.29. The van der Waals surface area contributed by atoms with Crippen LogP contribution in [0.2, 0.25) is 0 Å². The molecule has 0 aliphatic carbocycles. The number of benzene rings is 1. The van der Waals surface area contributed by atoms with Gasteiger partial charge in [0.15, 0.2) is 11.5 Å². The monoisotopic (exact) mass is 366 g/mol. The second kappa shape index (κ2) is 11.5. The Bertz CT molecular complexity index is 651. The lowest BCUT2D eigenvalue weighted by molar-refractivity contribution is -0.142. The first kappa shape index (κ1) is 21.0. The summed E-state index contributed by atoms with van der Waals surface area (Å²) in [7, 11) is 3.88. The van der Waals surface area contributed by atoms with Crippen LogP contribution in [0.4, 0.5) is 0 Å². The first-order valence-corrected chi connectivity index (χ1v) is 7.79. The molecule has 0 amide bonds. The van der Waals surface area contributed by atoms with Crippen molar-refractivity contribution in [1.29, 1.82) is 0 Å². The Labute approximate surface area is 151 Å². The molecule has 1 aromatic rings. The first-order chi connectivity index (χ1) is 12.5. The lowest BCUT2D eigenvalue weighted by atomic mass is 10.2. The molecule has 1 aromatic carbocycles. The number of carbonyl (C=O) groups excluding carboxylic acids is 3. The third-order valence-electron chi connectivity index (χ3n) is 3.16. The van der Waals surface area contributed by atoms with Gasteiger partial charge in [0.25, 0.3) is 0 Å². The van der Waals surface area contributed by atoms with Gasteiger partial charge in [-0.2, -0.15) is 0 Å². The highest BCUT2D eigenvalue weighted by atomic mass is 16.5. The molecule has 26 heavy (non-hydrogen) atoms. The molecule has 0 radical (unpaired) electrons. The van der Waals surface area contributed by atoms with Crippen LogP contribution >= 0.6 is 0 Å². The summed E-state index contributed by atoms with van der Waals surface area (Å²) < 4.78 is 24.8. The highest BCUT2D eigenvalue weighted by Gasteiger charge is 2.09. The molecular formula is C18H22O8.